The molecule has 17 N–H and O–H groups in total. The van der Waals surface area contributed by atoms with Crippen LogP contribution in [0.2, 0.25) is 0 Å². The van der Waals surface area contributed by atoms with Crippen LogP contribution < -0.4 is 51.2 Å². The van der Waals surface area contributed by atoms with Crippen molar-refractivity contribution in [2.24, 2.45) is 22.9 Å². The standard InChI is InChI=1S/C12H17N9O2/c13-4-1-2(5(14)7(16)6(4)15)9(22)10(23)3-8(1)21-12(19,20)11(3,17)18/h21H,13-20H2. The quantitative estimate of drug-likeness (QED) is 0.127. The molecule has 23 heavy (non-hydrogen) atoms. The summed E-state index contributed by atoms with van der Waals surface area (Å²) in [7, 11) is 0. The zero-order valence-corrected chi connectivity index (χ0v) is 11.9. The number of benzene rings is 1. The minimum absolute atomic E-state index is 0.0236. The molecule has 0 saturated carbocycles. The number of rotatable bonds is 0. The van der Waals surface area contributed by atoms with E-state index >= 15 is 0 Å². The number of carbonyl (C=O) groups excluding carboxylic acids is 2. The van der Waals surface area contributed by atoms with Crippen LogP contribution in [0, 0.1) is 0 Å². The van der Waals surface area contributed by atoms with Crippen LogP contribution in [0.5, 0.6) is 0 Å². The number of Topliss-reactive ketones (excluding diaryl/α,β-unsaturated/α-hetero) is 2. The van der Waals surface area contributed by atoms with E-state index in [2.05, 4.69) is 5.32 Å². The highest BCUT2D eigenvalue weighted by molar-refractivity contribution is 6.54. The molecule has 0 fully saturated rings. The SMILES string of the molecule is Nc1c(N)c(N)c2c(c1N)C(=O)C(=O)C1=C2NC(N)(N)C1(N)N. The molecule has 0 bridgehead atoms. The lowest BCUT2D eigenvalue weighted by molar-refractivity contribution is -0.112. The monoisotopic (exact) mass is 319 g/mol. The smallest absolute Gasteiger partial charge is 0.236 e. The Hall–Kier alpha value is -2.86. The summed E-state index contributed by atoms with van der Waals surface area (Å²) in [4.78, 5) is 24.9. The number of anilines is 4. The normalized spacial score (nSPS) is 21.0. The Kier molecular flexibility index (Phi) is 2.56. The van der Waals surface area contributed by atoms with Crippen molar-refractivity contribution < 1.29 is 9.59 Å². The highest BCUT2D eigenvalue weighted by atomic mass is 16.2. The molecule has 1 aliphatic carbocycles. The zero-order chi connectivity index (χ0) is 17.5. The van der Waals surface area contributed by atoms with Crippen molar-refractivity contribution in [1.29, 1.82) is 0 Å². The van der Waals surface area contributed by atoms with E-state index in [9.17, 15) is 9.59 Å². The molecule has 0 aromatic heterocycles. The van der Waals surface area contributed by atoms with E-state index in [0.717, 1.165) is 0 Å². The Morgan fingerprint density at radius 1 is 0.696 bits per heavy atom. The van der Waals surface area contributed by atoms with E-state index in [1.807, 2.05) is 0 Å². The van der Waals surface area contributed by atoms with Gasteiger partial charge in [-0.25, -0.2) is 0 Å². The van der Waals surface area contributed by atoms with Crippen LogP contribution in [0.25, 0.3) is 5.70 Å². The summed E-state index contributed by atoms with van der Waals surface area (Å²) in [6.07, 6.45) is 0. The Balaban J connectivity index is 2.48. The topological polar surface area (TPSA) is 254 Å². The van der Waals surface area contributed by atoms with Crippen molar-refractivity contribution >= 4 is 40.0 Å². The largest absolute Gasteiger partial charge is 0.396 e. The van der Waals surface area contributed by atoms with Crippen LogP contribution in [0.1, 0.15) is 15.9 Å². The second-order valence-electron chi connectivity index (χ2n) is 5.68. The number of nitrogens with two attached hydrogens (primary N) is 8. The maximum Gasteiger partial charge on any atom is 0.236 e. The highest BCUT2D eigenvalue weighted by Crippen LogP contribution is 2.46. The number of nitrogen functional groups attached to an aromatic ring is 4. The average molecular weight is 319 g/mol. The minimum atomic E-state index is -2.01. The number of hydrogen-bond acceptors (Lipinski definition) is 11. The van der Waals surface area contributed by atoms with Gasteiger partial charge in [0.05, 0.1) is 39.6 Å². The predicted molar refractivity (Wildman–Crippen MR) is 85.7 cm³/mol. The van der Waals surface area contributed by atoms with Gasteiger partial charge in [-0.3, -0.25) is 21.1 Å². The highest BCUT2D eigenvalue weighted by Gasteiger charge is 2.57. The fraction of sp³-hybridized carbons (Fsp3) is 0.167. The molecule has 1 heterocycles. The van der Waals surface area contributed by atoms with Gasteiger partial charge in [0.25, 0.3) is 0 Å². The van der Waals surface area contributed by atoms with Crippen molar-refractivity contribution in [1.82, 2.24) is 5.32 Å². The van der Waals surface area contributed by atoms with Crippen LogP contribution >= 0.6 is 0 Å². The lowest BCUT2D eigenvalue weighted by Gasteiger charge is -2.34. The first kappa shape index (κ1) is 15.1. The number of ketones is 2. The molecule has 122 valence electrons. The summed E-state index contributed by atoms with van der Waals surface area (Å²) in [6, 6.07) is 0. The van der Waals surface area contributed by atoms with Crippen LogP contribution in [0.15, 0.2) is 5.57 Å². The summed E-state index contributed by atoms with van der Waals surface area (Å²) < 4.78 is 0. The van der Waals surface area contributed by atoms with Gasteiger partial charge in [0.15, 0.2) is 5.79 Å². The van der Waals surface area contributed by atoms with Crippen molar-refractivity contribution in [3.05, 3.63) is 16.7 Å². The first-order chi connectivity index (χ1) is 10.4. The van der Waals surface area contributed by atoms with Gasteiger partial charge in [-0.05, 0) is 0 Å². The molecule has 0 spiro atoms. The molecule has 0 amide bonds. The van der Waals surface area contributed by atoms with Crippen LogP contribution in [-0.2, 0) is 4.79 Å². The molecule has 2 aliphatic rings. The molecule has 1 aromatic carbocycles. The number of hydrogen-bond donors (Lipinski definition) is 9. The first-order valence-corrected chi connectivity index (χ1v) is 6.47. The molecule has 1 aliphatic heterocycles. The van der Waals surface area contributed by atoms with Gasteiger partial charge in [0.1, 0.15) is 5.66 Å². The molecular formula is C12H17N9O2. The number of carbonyl (C=O) groups is 2. The molecule has 11 nitrogen and oxygen atoms in total. The third-order valence-corrected chi connectivity index (χ3v) is 4.25. The second-order valence-corrected chi connectivity index (χ2v) is 5.68. The van der Waals surface area contributed by atoms with E-state index in [0.29, 0.717) is 0 Å². The molecular weight excluding hydrogens is 302 g/mol. The first-order valence-electron chi connectivity index (χ1n) is 6.47. The Morgan fingerprint density at radius 2 is 1.17 bits per heavy atom. The fourth-order valence-electron chi connectivity index (χ4n) is 2.83. The zero-order valence-electron chi connectivity index (χ0n) is 11.9. The van der Waals surface area contributed by atoms with Gasteiger partial charge in [-0.2, -0.15) is 0 Å². The molecule has 1 aromatic rings. The Morgan fingerprint density at radius 3 is 1.70 bits per heavy atom. The average Bonchev–Trinajstić information content (AvgIpc) is 2.64. The second kappa shape index (κ2) is 3.91. The Bertz CT molecular complexity index is 838. The van der Waals surface area contributed by atoms with Crippen molar-refractivity contribution in [2.75, 3.05) is 22.9 Å². The van der Waals surface area contributed by atoms with Crippen LogP contribution in [0.3, 0.4) is 0 Å². The van der Waals surface area contributed by atoms with Gasteiger partial charge < -0.3 is 39.7 Å². The lowest BCUT2D eigenvalue weighted by Crippen LogP contribution is -2.79. The van der Waals surface area contributed by atoms with Crippen LogP contribution in [0.4, 0.5) is 22.7 Å². The van der Waals surface area contributed by atoms with Gasteiger partial charge in [0.2, 0.25) is 11.6 Å². The maximum absolute atomic E-state index is 12.5. The molecule has 0 atom stereocenters. The minimum Gasteiger partial charge on any atom is -0.396 e. The maximum atomic E-state index is 12.5. The molecule has 0 saturated heterocycles. The van der Waals surface area contributed by atoms with Crippen molar-refractivity contribution in [3.63, 3.8) is 0 Å². The Labute approximate surface area is 130 Å². The third-order valence-electron chi connectivity index (χ3n) is 4.25. The van der Waals surface area contributed by atoms with Gasteiger partial charge in [0, 0.05) is 5.56 Å². The van der Waals surface area contributed by atoms with E-state index in [1.54, 1.807) is 0 Å². The summed E-state index contributed by atoms with van der Waals surface area (Å²) in [5.74, 6) is -3.85. The molecule has 0 unspecified atom stereocenters. The molecule has 3 rings (SSSR count). The third kappa shape index (κ3) is 1.50. The summed E-state index contributed by atoms with van der Waals surface area (Å²) in [5.41, 5.74) is 44.0. The van der Waals surface area contributed by atoms with E-state index < -0.39 is 23.0 Å². The van der Waals surface area contributed by atoms with Crippen molar-refractivity contribution in [2.45, 2.75) is 11.4 Å². The van der Waals surface area contributed by atoms with Crippen LogP contribution in [-0.4, -0.2) is 23.0 Å². The number of nitrogens with one attached hydrogen (secondary N) is 1. The van der Waals surface area contributed by atoms with E-state index in [-0.39, 0.29) is 45.1 Å². The molecule has 11 heteroatoms. The van der Waals surface area contributed by atoms with E-state index in [4.69, 9.17) is 45.9 Å². The van der Waals surface area contributed by atoms with Gasteiger partial charge in [-0.1, -0.05) is 0 Å². The van der Waals surface area contributed by atoms with Gasteiger partial charge >= 0.3 is 0 Å². The number of fused-ring (bicyclic) bond motifs is 2. The van der Waals surface area contributed by atoms with Crippen molar-refractivity contribution in [3.8, 4) is 0 Å². The summed E-state index contributed by atoms with van der Waals surface area (Å²) >= 11 is 0. The predicted octanol–water partition coefficient (Wildman–Crippen LogP) is -3.72. The van der Waals surface area contributed by atoms with Gasteiger partial charge in [-0.15, -0.1) is 0 Å². The summed E-state index contributed by atoms with van der Waals surface area (Å²) in [5, 5.41) is 2.62. The molecule has 0 radical (unpaired) electrons. The summed E-state index contributed by atoms with van der Waals surface area (Å²) in [6.45, 7) is 0. The fourth-order valence-corrected chi connectivity index (χ4v) is 2.83. The lowest BCUT2D eigenvalue weighted by atomic mass is 9.81. The van der Waals surface area contributed by atoms with E-state index in [1.165, 1.54) is 0 Å².